The highest BCUT2D eigenvalue weighted by molar-refractivity contribution is 7.22. The predicted molar refractivity (Wildman–Crippen MR) is 81.0 cm³/mol. The molecule has 0 bridgehead atoms. The van der Waals surface area contributed by atoms with Crippen LogP contribution in [0.2, 0.25) is 0 Å². The van der Waals surface area contributed by atoms with Crippen molar-refractivity contribution >= 4 is 44.2 Å². The van der Waals surface area contributed by atoms with Gasteiger partial charge in [0, 0.05) is 25.8 Å². The lowest BCUT2D eigenvalue weighted by atomic mass is 10.2. The Morgan fingerprint density at radius 3 is 2.67 bits per heavy atom. The van der Waals surface area contributed by atoms with E-state index in [2.05, 4.69) is 15.6 Å². The molecule has 8 heteroatoms. The van der Waals surface area contributed by atoms with Crippen molar-refractivity contribution in [3.8, 4) is 5.75 Å². The first-order valence-corrected chi connectivity index (χ1v) is 6.90. The van der Waals surface area contributed by atoms with Crippen LogP contribution >= 0.6 is 11.3 Å². The van der Waals surface area contributed by atoms with E-state index < -0.39 is 0 Å². The molecule has 2 rings (SSSR count). The number of rotatable bonds is 5. The van der Waals surface area contributed by atoms with Crippen LogP contribution in [0.5, 0.6) is 5.75 Å². The average molecular weight is 309 g/mol. The SMILES string of the molecule is COCC(=O)Nc1cc(OC)c2nc(NC(C)=O)sc2c1. The topological polar surface area (TPSA) is 89.6 Å². The number of nitrogens with zero attached hydrogens (tertiary/aromatic N) is 1. The first-order chi connectivity index (χ1) is 10.0. The second-order valence-electron chi connectivity index (χ2n) is 4.21. The number of methoxy groups -OCH3 is 2. The molecule has 1 heterocycles. The van der Waals surface area contributed by atoms with E-state index in [0.29, 0.717) is 22.1 Å². The zero-order valence-electron chi connectivity index (χ0n) is 11.9. The van der Waals surface area contributed by atoms with Gasteiger partial charge in [0.25, 0.3) is 0 Å². The third-order valence-corrected chi connectivity index (χ3v) is 3.44. The number of thiazole rings is 1. The zero-order valence-corrected chi connectivity index (χ0v) is 12.7. The lowest BCUT2D eigenvalue weighted by Crippen LogP contribution is -2.17. The lowest BCUT2D eigenvalue weighted by molar-refractivity contribution is -0.119. The van der Waals surface area contributed by atoms with Crippen LogP contribution in [0, 0.1) is 0 Å². The van der Waals surface area contributed by atoms with Gasteiger partial charge in [-0.2, -0.15) is 0 Å². The molecule has 0 saturated carbocycles. The number of hydrogen-bond donors (Lipinski definition) is 2. The Kier molecular flexibility index (Phi) is 4.71. The number of amides is 2. The van der Waals surface area contributed by atoms with E-state index in [0.717, 1.165) is 4.70 Å². The molecule has 2 aromatic rings. The third kappa shape index (κ3) is 3.67. The molecule has 0 aliphatic heterocycles. The van der Waals surface area contributed by atoms with Crippen LogP contribution in [0.4, 0.5) is 10.8 Å². The van der Waals surface area contributed by atoms with Gasteiger partial charge in [-0.3, -0.25) is 9.59 Å². The van der Waals surface area contributed by atoms with Crippen LogP contribution in [0.25, 0.3) is 10.2 Å². The minimum atomic E-state index is -0.259. The number of carbonyl (C=O) groups is 2. The average Bonchev–Trinajstić information content (AvgIpc) is 2.79. The Bertz CT molecular complexity index is 683. The molecule has 0 radical (unpaired) electrons. The summed E-state index contributed by atoms with van der Waals surface area (Å²) < 4.78 is 10.8. The Hall–Kier alpha value is -2.19. The first kappa shape index (κ1) is 15.2. The molecular formula is C13H15N3O4S. The number of ether oxygens (including phenoxy) is 2. The largest absolute Gasteiger partial charge is 0.494 e. The van der Waals surface area contributed by atoms with Crippen molar-refractivity contribution in [1.29, 1.82) is 0 Å². The molecule has 7 nitrogen and oxygen atoms in total. The summed E-state index contributed by atoms with van der Waals surface area (Å²) in [6, 6.07) is 3.45. The van der Waals surface area contributed by atoms with Gasteiger partial charge in [0.1, 0.15) is 17.9 Å². The summed E-state index contributed by atoms with van der Waals surface area (Å²) in [5.74, 6) is 0.0696. The molecule has 0 aliphatic carbocycles. The van der Waals surface area contributed by atoms with E-state index in [9.17, 15) is 9.59 Å². The van der Waals surface area contributed by atoms with Gasteiger partial charge in [0.2, 0.25) is 11.8 Å². The summed E-state index contributed by atoms with van der Waals surface area (Å²) in [6.45, 7) is 1.39. The molecule has 1 aromatic heterocycles. The number of anilines is 2. The molecule has 0 aliphatic rings. The zero-order chi connectivity index (χ0) is 15.4. The van der Waals surface area contributed by atoms with Crippen LogP contribution < -0.4 is 15.4 Å². The molecule has 2 N–H and O–H groups in total. The smallest absolute Gasteiger partial charge is 0.250 e. The van der Waals surface area contributed by atoms with E-state index in [1.54, 1.807) is 12.1 Å². The molecule has 112 valence electrons. The maximum absolute atomic E-state index is 11.6. The second kappa shape index (κ2) is 6.51. The van der Waals surface area contributed by atoms with Crippen LogP contribution in [0.1, 0.15) is 6.92 Å². The molecule has 1 aromatic carbocycles. The summed E-state index contributed by atoms with van der Waals surface area (Å²) in [5, 5.41) is 5.82. The fourth-order valence-corrected chi connectivity index (χ4v) is 2.73. The Morgan fingerprint density at radius 1 is 1.29 bits per heavy atom. The quantitative estimate of drug-likeness (QED) is 0.879. The summed E-state index contributed by atoms with van der Waals surface area (Å²) in [4.78, 5) is 26.9. The van der Waals surface area contributed by atoms with Gasteiger partial charge in [-0.05, 0) is 6.07 Å². The molecule has 0 spiro atoms. The molecule has 0 atom stereocenters. The minimum absolute atomic E-state index is 0.0276. The molecule has 21 heavy (non-hydrogen) atoms. The Morgan fingerprint density at radius 2 is 2.05 bits per heavy atom. The van der Waals surface area contributed by atoms with Gasteiger partial charge in [-0.25, -0.2) is 4.98 Å². The molecule has 2 amide bonds. The summed E-state index contributed by atoms with van der Waals surface area (Å²) >= 11 is 1.30. The van der Waals surface area contributed by atoms with Crippen molar-refractivity contribution in [3.05, 3.63) is 12.1 Å². The van der Waals surface area contributed by atoms with Crippen LogP contribution in [-0.4, -0.2) is 37.6 Å². The van der Waals surface area contributed by atoms with Crippen molar-refractivity contribution in [2.24, 2.45) is 0 Å². The van der Waals surface area contributed by atoms with Crippen LogP contribution in [0.3, 0.4) is 0 Å². The van der Waals surface area contributed by atoms with Crippen molar-refractivity contribution in [2.75, 3.05) is 31.5 Å². The standard InChI is InChI=1S/C13H15N3O4S/c1-7(17)14-13-16-12-9(20-3)4-8(5-10(12)21-13)15-11(18)6-19-2/h4-5H,6H2,1-3H3,(H,15,18)(H,14,16,17). The highest BCUT2D eigenvalue weighted by Crippen LogP contribution is 2.35. The molecule has 0 saturated heterocycles. The van der Waals surface area contributed by atoms with Crippen molar-refractivity contribution in [2.45, 2.75) is 6.92 Å². The Balaban J connectivity index is 2.37. The highest BCUT2D eigenvalue weighted by atomic mass is 32.1. The fraction of sp³-hybridized carbons (Fsp3) is 0.308. The summed E-state index contributed by atoms with van der Waals surface area (Å²) in [6.07, 6.45) is 0. The maximum Gasteiger partial charge on any atom is 0.250 e. The fourth-order valence-electron chi connectivity index (χ4n) is 1.76. The Labute approximate surface area is 125 Å². The van der Waals surface area contributed by atoms with E-state index in [1.807, 2.05) is 0 Å². The number of benzene rings is 1. The monoisotopic (exact) mass is 309 g/mol. The van der Waals surface area contributed by atoms with Gasteiger partial charge < -0.3 is 20.1 Å². The van der Waals surface area contributed by atoms with Crippen LogP contribution in [-0.2, 0) is 14.3 Å². The normalized spacial score (nSPS) is 10.4. The first-order valence-electron chi connectivity index (χ1n) is 6.08. The number of fused-ring (bicyclic) bond motifs is 1. The van der Waals surface area contributed by atoms with Gasteiger partial charge in [-0.15, -0.1) is 0 Å². The molecule has 0 unspecified atom stereocenters. The predicted octanol–water partition coefficient (Wildman–Crippen LogP) is 1.85. The summed E-state index contributed by atoms with van der Waals surface area (Å²) in [7, 11) is 2.97. The highest BCUT2D eigenvalue weighted by Gasteiger charge is 2.13. The molecular weight excluding hydrogens is 294 g/mol. The lowest BCUT2D eigenvalue weighted by Gasteiger charge is -2.07. The van der Waals surface area contributed by atoms with E-state index in [-0.39, 0.29) is 18.4 Å². The minimum Gasteiger partial charge on any atom is -0.494 e. The van der Waals surface area contributed by atoms with Gasteiger partial charge in [0.05, 0.1) is 11.8 Å². The van der Waals surface area contributed by atoms with Crippen LogP contribution in [0.15, 0.2) is 12.1 Å². The molecule has 0 fully saturated rings. The van der Waals surface area contributed by atoms with Crippen molar-refractivity contribution in [3.63, 3.8) is 0 Å². The van der Waals surface area contributed by atoms with E-state index >= 15 is 0 Å². The number of carbonyl (C=O) groups excluding carboxylic acids is 2. The number of nitrogens with one attached hydrogen (secondary N) is 2. The number of hydrogen-bond acceptors (Lipinski definition) is 6. The second-order valence-corrected chi connectivity index (χ2v) is 5.24. The number of aromatic nitrogens is 1. The van der Waals surface area contributed by atoms with Gasteiger partial charge in [-0.1, -0.05) is 11.3 Å². The van der Waals surface area contributed by atoms with Crippen molar-refractivity contribution < 1.29 is 19.1 Å². The third-order valence-electron chi connectivity index (χ3n) is 2.52. The van der Waals surface area contributed by atoms with Gasteiger partial charge in [0.15, 0.2) is 5.13 Å². The van der Waals surface area contributed by atoms with E-state index in [1.165, 1.54) is 32.5 Å². The maximum atomic E-state index is 11.6. The van der Waals surface area contributed by atoms with E-state index in [4.69, 9.17) is 9.47 Å². The summed E-state index contributed by atoms with van der Waals surface area (Å²) in [5.41, 5.74) is 1.22. The van der Waals surface area contributed by atoms with Crippen molar-refractivity contribution in [1.82, 2.24) is 4.98 Å². The van der Waals surface area contributed by atoms with Gasteiger partial charge >= 0.3 is 0 Å².